The van der Waals surface area contributed by atoms with Crippen molar-refractivity contribution in [2.75, 3.05) is 0 Å². The predicted octanol–water partition coefficient (Wildman–Crippen LogP) is 4.69. The molecule has 2 rings (SSSR count). The van der Waals surface area contributed by atoms with Gasteiger partial charge in [-0.25, -0.2) is 0 Å². The lowest BCUT2D eigenvalue weighted by Crippen LogP contribution is -2.19. The summed E-state index contributed by atoms with van der Waals surface area (Å²) in [6, 6.07) is 17.4. The predicted molar refractivity (Wildman–Crippen MR) is 85.6 cm³/mol. The Bertz CT molecular complexity index is 609. The van der Waals surface area contributed by atoms with Crippen LogP contribution in [0.2, 0.25) is 0 Å². The zero-order valence-electron chi connectivity index (χ0n) is 13.1. The Morgan fingerprint density at radius 2 is 1.52 bits per heavy atom. The molecule has 2 nitrogen and oxygen atoms in total. The second kappa shape index (κ2) is 6.13. The summed E-state index contributed by atoms with van der Waals surface area (Å²) in [7, 11) is 0. The number of hydrogen-bond acceptors (Lipinski definition) is 2. The van der Waals surface area contributed by atoms with Crippen molar-refractivity contribution in [2.45, 2.75) is 39.0 Å². The number of carbonyl (C=O) groups is 1. The number of carbonyl (C=O) groups excluding carboxylic acids is 1. The van der Waals surface area contributed by atoms with E-state index in [-0.39, 0.29) is 17.3 Å². The molecule has 0 aromatic heterocycles. The third kappa shape index (κ3) is 3.72. The SMILES string of the molecule is C[C@H](C(=O)Oc1ccccc1C(C)(C)C)c1ccccc1. The topological polar surface area (TPSA) is 26.3 Å². The largest absolute Gasteiger partial charge is 0.426 e. The Labute approximate surface area is 126 Å². The third-order valence-corrected chi connectivity index (χ3v) is 3.56. The van der Waals surface area contributed by atoms with Crippen molar-refractivity contribution >= 4 is 5.97 Å². The first-order chi connectivity index (χ1) is 9.89. The van der Waals surface area contributed by atoms with Crippen LogP contribution >= 0.6 is 0 Å². The van der Waals surface area contributed by atoms with Gasteiger partial charge in [-0.1, -0.05) is 69.3 Å². The lowest BCUT2D eigenvalue weighted by Gasteiger charge is -2.22. The van der Waals surface area contributed by atoms with Crippen molar-refractivity contribution in [3.8, 4) is 5.75 Å². The van der Waals surface area contributed by atoms with Gasteiger partial charge in [-0.15, -0.1) is 0 Å². The van der Waals surface area contributed by atoms with Crippen LogP contribution in [0.5, 0.6) is 5.75 Å². The van der Waals surface area contributed by atoms with Gasteiger partial charge in [0.1, 0.15) is 5.75 Å². The molecule has 0 aliphatic rings. The molecule has 2 aromatic carbocycles. The van der Waals surface area contributed by atoms with E-state index in [9.17, 15) is 4.79 Å². The van der Waals surface area contributed by atoms with E-state index in [1.54, 1.807) is 0 Å². The summed E-state index contributed by atoms with van der Waals surface area (Å²) in [5.41, 5.74) is 1.95. The fourth-order valence-electron chi connectivity index (χ4n) is 2.25. The molecule has 0 saturated heterocycles. The lowest BCUT2D eigenvalue weighted by molar-refractivity contribution is -0.135. The Balaban J connectivity index is 2.21. The molecule has 0 N–H and O–H groups in total. The highest BCUT2D eigenvalue weighted by molar-refractivity contribution is 5.80. The zero-order valence-corrected chi connectivity index (χ0v) is 13.1. The molecule has 0 bridgehead atoms. The number of rotatable bonds is 3. The van der Waals surface area contributed by atoms with Crippen molar-refractivity contribution in [2.24, 2.45) is 0 Å². The van der Waals surface area contributed by atoms with Crippen LogP contribution in [-0.4, -0.2) is 5.97 Å². The van der Waals surface area contributed by atoms with Gasteiger partial charge in [0, 0.05) is 5.56 Å². The van der Waals surface area contributed by atoms with Crippen LogP contribution in [-0.2, 0) is 10.2 Å². The molecule has 0 spiro atoms. The summed E-state index contributed by atoms with van der Waals surface area (Å²) in [4.78, 5) is 12.4. The second-order valence-corrected chi connectivity index (χ2v) is 6.30. The van der Waals surface area contributed by atoms with E-state index in [1.165, 1.54) is 0 Å². The lowest BCUT2D eigenvalue weighted by atomic mass is 9.86. The minimum absolute atomic E-state index is 0.0626. The van der Waals surface area contributed by atoms with Crippen LogP contribution in [0.1, 0.15) is 44.7 Å². The maximum absolute atomic E-state index is 12.4. The summed E-state index contributed by atoms with van der Waals surface area (Å²) < 4.78 is 5.65. The van der Waals surface area contributed by atoms with Crippen LogP contribution in [0, 0.1) is 0 Å². The monoisotopic (exact) mass is 282 g/mol. The number of para-hydroxylation sites is 1. The van der Waals surface area contributed by atoms with Gasteiger partial charge in [0.05, 0.1) is 5.92 Å². The summed E-state index contributed by atoms with van der Waals surface area (Å²) in [5.74, 6) is 0.148. The first-order valence-electron chi connectivity index (χ1n) is 7.26. The van der Waals surface area contributed by atoms with Gasteiger partial charge in [0.2, 0.25) is 0 Å². The summed E-state index contributed by atoms with van der Waals surface area (Å²) >= 11 is 0. The van der Waals surface area contributed by atoms with Gasteiger partial charge >= 0.3 is 5.97 Å². The summed E-state index contributed by atoms with van der Waals surface area (Å²) in [5, 5.41) is 0. The van der Waals surface area contributed by atoms with Crippen LogP contribution in [0.15, 0.2) is 54.6 Å². The van der Waals surface area contributed by atoms with Crippen LogP contribution in [0.4, 0.5) is 0 Å². The van der Waals surface area contributed by atoms with Gasteiger partial charge in [-0.05, 0) is 24.0 Å². The Kier molecular flexibility index (Phi) is 4.46. The van der Waals surface area contributed by atoms with Gasteiger partial charge < -0.3 is 4.74 Å². The Morgan fingerprint density at radius 1 is 0.952 bits per heavy atom. The van der Waals surface area contributed by atoms with Crippen molar-refractivity contribution in [3.63, 3.8) is 0 Å². The van der Waals surface area contributed by atoms with Crippen molar-refractivity contribution in [1.82, 2.24) is 0 Å². The minimum Gasteiger partial charge on any atom is -0.426 e. The van der Waals surface area contributed by atoms with E-state index in [4.69, 9.17) is 4.74 Å². The molecule has 0 aliphatic carbocycles. The highest BCUT2D eigenvalue weighted by Crippen LogP contribution is 2.32. The van der Waals surface area contributed by atoms with E-state index < -0.39 is 0 Å². The smallest absolute Gasteiger partial charge is 0.318 e. The molecule has 2 heteroatoms. The molecule has 21 heavy (non-hydrogen) atoms. The number of ether oxygens (including phenoxy) is 1. The van der Waals surface area contributed by atoms with Crippen molar-refractivity contribution in [3.05, 3.63) is 65.7 Å². The molecular weight excluding hydrogens is 260 g/mol. The quantitative estimate of drug-likeness (QED) is 0.603. The molecule has 0 heterocycles. The first-order valence-corrected chi connectivity index (χ1v) is 7.26. The van der Waals surface area contributed by atoms with E-state index in [2.05, 4.69) is 20.8 Å². The molecule has 0 fully saturated rings. The standard InChI is InChI=1S/C19H22O2/c1-14(15-10-6-5-7-11-15)18(20)21-17-13-9-8-12-16(17)19(2,3)4/h5-14H,1-4H3/t14-/m0/s1. The molecule has 0 amide bonds. The van der Waals surface area contributed by atoms with E-state index in [0.29, 0.717) is 5.75 Å². The highest BCUT2D eigenvalue weighted by atomic mass is 16.5. The molecule has 2 aromatic rings. The third-order valence-electron chi connectivity index (χ3n) is 3.56. The maximum Gasteiger partial charge on any atom is 0.318 e. The van der Waals surface area contributed by atoms with Gasteiger partial charge in [0.25, 0.3) is 0 Å². The summed E-state index contributed by atoms with van der Waals surface area (Å²) in [6.07, 6.45) is 0. The average Bonchev–Trinajstić information content (AvgIpc) is 2.47. The van der Waals surface area contributed by atoms with Crippen molar-refractivity contribution in [1.29, 1.82) is 0 Å². The maximum atomic E-state index is 12.4. The molecule has 0 radical (unpaired) electrons. The van der Waals surface area contributed by atoms with E-state index >= 15 is 0 Å². The van der Waals surface area contributed by atoms with E-state index in [0.717, 1.165) is 11.1 Å². The first kappa shape index (κ1) is 15.3. The molecular formula is C19H22O2. The van der Waals surface area contributed by atoms with Gasteiger partial charge in [-0.3, -0.25) is 4.79 Å². The Morgan fingerprint density at radius 3 is 2.14 bits per heavy atom. The molecule has 0 unspecified atom stereocenters. The average molecular weight is 282 g/mol. The fraction of sp³-hybridized carbons (Fsp3) is 0.316. The fourth-order valence-corrected chi connectivity index (χ4v) is 2.25. The number of benzene rings is 2. The highest BCUT2D eigenvalue weighted by Gasteiger charge is 2.22. The van der Waals surface area contributed by atoms with Crippen LogP contribution < -0.4 is 4.74 Å². The van der Waals surface area contributed by atoms with Crippen LogP contribution in [0.3, 0.4) is 0 Å². The molecule has 0 saturated carbocycles. The van der Waals surface area contributed by atoms with Gasteiger partial charge in [0.15, 0.2) is 0 Å². The van der Waals surface area contributed by atoms with E-state index in [1.807, 2.05) is 61.5 Å². The summed E-state index contributed by atoms with van der Waals surface area (Å²) in [6.45, 7) is 8.21. The zero-order chi connectivity index (χ0) is 15.5. The Hall–Kier alpha value is -2.09. The molecule has 110 valence electrons. The normalized spacial score (nSPS) is 12.8. The van der Waals surface area contributed by atoms with Gasteiger partial charge in [-0.2, -0.15) is 0 Å². The minimum atomic E-state index is -0.278. The number of hydrogen-bond donors (Lipinski definition) is 0. The number of esters is 1. The molecule has 0 aliphatic heterocycles. The molecule has 1 atom stereocenters. The van der Waals surface area contributed by atoms with Crippen molar-refractivity contribution < 1.29 is 9.53 Å². The second-order valence-electron chi connectivity index (χ2n) is 6.30. The van der Waals surface area contributed by atoms with Crippen LogP contribution in [0.25, 0.3) is 0 Å².